The van der Waals surface area contributed by atoms with Gasteiger partial charge in [-0.3, -0.25) is 4.79 Å². The number of rotatable bonds is 6. The van der Waals surface area contributed by atoms with Gasteiger partial charge >= 0.3 is 6.18 Å². The largest absolute Gasteiger partial charge is 0.416 e. The Balaban J connectivity index is 1.47. The molecule has 43 heavy (non-hydrogen) atoms. The molecule has 0 bridgehead atoms. The van der Waals surface area contributed by atoms with Gasteiger partial charge in [0.1, 0.15) is 11.6 Å². The summed E-state index contributed by atoms with van der Waals surface area (Å²) in [6, 6.07) is 14.3. The Morgan fingerprint density at radius 3 is 2.53 bits per heavy atom. The average molecular weight is 596 g/mol. The van der Waals surface area contributed by atoms with Gasteiger partial charge in [-0.25, -0.2) is 8.78 Å². The Kier molecular flexibility index (Phi) is 7.70. The van der Waals surface area contributed by atoms with Crippen LogP contribution in [-0.4, -0.2) is 40.9 Å². The van der Waals surface area contributed by atoms with E-state index in [1.165, 1.54) is 16.8 Å². The van der Waals surface area contributed by atoms with Crippen LogP contribution >= 0.6 is 0 Å². The summed E-state index contributed by atoms with van der Waals surface area (Å²) < 4.78 is 76.9. The summed E-state index contributed by atoms with van der Waals surface area (Å²) in [7, 11) is 0. The minimum Gasteiger partial charge on any atom is -0.368 e. The maximum absolute atomic E-state index is 15.5. The van der Waals surface area contributed by atoms with Gasteiger partial charge in [-0.2, -0.15) is 18.2 Å². The second-order valence-electron chi connectivity index (χ2n) is 10.4. The third-order valence-electron chi connectivity index (χ3n) is 7.46. The second kappa shape index (κ2) is 11.6. The first-order chi connectivity index (χ1) is 20.7. The minimum atomic E-state index is -4.71. The first-order valence-electron chi connectivity index (χ1n) is 13.7. The van der Waals surface area contributed by atoms with Crippen LogP contribution in [-0.2, 0) is 19.1 Å². The Morgan fingerprint density at radius 1 is 0.953 bits per heavy atom. The highest BCUT2D eigenvalue weighted by Crippen LogP contribution is 2.32. The van der Waals surface area contributed by atoms with Crippen molar-refractivity contribution in [2.45, 2.75) is 25.6 Å². The van der Waals surface area contributed by atoms with Crippen molar-refractivity contribution in [1.82, 2.24) is 20.0 Å². The monoisotopic (exact) mass is 595 g/mol. The molecule has 1 saturated heterocycles. The van der Waals surface area contributed by atoms with Crippen LogP contribution in [0.5, 0.6) is 0 Å². The van der Waals surface area contributed by atoms with Crippen molar-refractivity contribution in [3.05, 3.63) is 111 Å². The third-order valence-corrected chi connectivity index (χ3v) is 7.46. The van der Waals surface area contributed by atoms with Gasteiger partial charge in [0.2, 0.25) is 17.1 Å². The Labute approximate surface area is 242 Å². The van der Waals surface area contributed by atoms with Crippen LogP contribution in [0.25, 0.3) is 22.3 Å². The summed E-state index contributed by atoms with van der Waals surface area (Å²) >= 11 is 0. The molecule has 1 aliphatic rings. The number of aromatic nitrogens is 3. The van der Waals surface area contributed by atoms with E-state index in [-0.39, 0.29) is 46.0 Å². The van der Waals surface area contributed by atoms with Gasteiger partial charge in [-0.15, -0.1) is 0 Å². The van der Waals surface area contributed by atoms with Crippen LogP contribution in [0.2, 0.25) is 0 Å². The highest BCUT2D eigenvalue weighted by molar-refractivity contribution is 5.86. The van der Waals surface area contributed by atoms with Crippen LogP contribution in [0.4, 0.5) is 27.6 Å². The van der Waals surface area contributed by atoms with Crippen molar-refractivity contribution in [2.75, 3.05) is 31.1 Å². The van der Waals surface area contributed by atoms with E-state index in [0.717, 1.165) is 36.7 Å². The van der Waals surface area contributed by atoms with E-state index in [4.69, 9.17) is 4.52 Å². The number of anilines is 1. The van der Waals surface area contributed by atoms with Gasteiger partial charge in [0, 0.05) is 36.8 Å². The summed E-state index contributed by atoms with van der Waals surface area (Å²) in [5.74, 6) is -1.46. The maximum atomic E-state index is 15.5. The molecule has 12 heteroatoms. The smallest absolute Gasteiger partial charge is 0.368 e. The fourth-order valence-electron chi connectivity index (χ4n) is 5.26. The molecule has 3 aromatic carbocycles. The molecule has 0 amide bonds. The molecular formula is C31H26F5N5O2. The van der Waals surface area contributed by atoms with E-state index in [1.807, 2.05) is 35.2 Å². The van der Waals surface area contributed by atoms with Crippen molar-refractivity contribution in [3.8, 4) is 11.4 Å². The molecule has 0 unspecified atom stereocenters. The number of halogens is 5. The quantitative estimate of drug-likeness (QED) is 0.251. The van der Waals surface area contributed by atoms with E-state index in [9.17, 15) is 22.4 Å². The zero-order valence-electron chi connectivity index (χ0n) is 22.8. The number of nitrogens with one attached hydrogen (secondary N) is 1. The van der Waals surface area contributed by atoms with E-state index in [1.54, 1.807) is 0 Å². The lowest BCUT2D eigenvalue weighted by molar-refractivity contribution is -0.137. The summed E-state index contributed by atoms with van der Waals surface area (Å²) in [4.78, 5) is 19.9. The minimum absolute atomic E-state index is 0.00609. The number of benzene rings is 3. The molecule has 1 aliphatic heterocycles. The maximum Gasteiger partial charge on any atom is 0.416 e. The van der Waals surface area contributed by atoms with Crippen LogP contribution in [0.15, 0.2) is 76.2 Å². The molecule has 0 radical (unpaired) electrons. The summed E-state index contributed by atoms with van der Waals surface area (Å²) in [5, 5.41) is 7.22. The topological polar surface area (TPSA) is 76.2 Å². The molecule has 0 atom stereocenters. The van der Waals surface area contributed by atoms with Crippen LogP contribution in [0, 0.1) is 11.6 Å². The molecule has 2 aromatic heterocycles. The average Bonchev–Trinajstić information content (AvgIpc) is 3.26. The molecule has 7 nitrogen and oxygen atoms in total. The van der Waals surface area contributed by atoms with Gasteiger partial charge in [-0.1, -0.05) is 41.6 Å². The number of hydrogen-bond acceptors (Lipinski definition) is 6. The van der Waals surface area contributed by atoms with E-state index < -0.39 is 28.8 Å². The number of alkyl halides is 3. The first kappa shape index (κ1) is 28.5. The molecule has 6 rings (SSSR count). The van der Waals surface area contributed by atoms with Gasteiger partial charge in [0.15, 0.2) is 0 Å². The van der Waals surface area contributed by atoms with Gasteiger partial charge in [0.25, 0.3) is 0 Å². The predicted molar refractivity (Wildman–Crippen MR) is 151 cm³/mol. The molecule has 1 N–H and O–H groups in total. The zero-order chi connectivity index (χ0) is 30.1. The molecule has 222 valence electrons. The standard InChI is InChI=1S/C31H26F5N5O2/c32-24-14-21(31(34,35)36)8-7-20(24)17-41-18-23(30-38-28(43-39-30)13-19-5-2-1-3-6-19)29(42)22-15-25(33)27(16-26(22)41)40-11-4-9-37-10-12-40/h1-3,5-8,14-16,18,37H,4,9-13,17H2. The van der Waals surface area contributed by atoms with E-state index in [0.29, 0.717) is 32.1 Å². The highest BCUT2D eigenvalue weighted by atomic mass is 19.4. The van der Waals surface area contributed by atoms with Crippen molar-refractivity contribution in [3.63, 3.8) is 0 Å². The number of fused-ring (bicyclic) bond motifs is 1. The van der Waals surface area contributed by atoms with Crippen molar-refractivity contribution >= 4 is 16.6 Å². The summed E-state index contributed by atoms with van der Waals surface area (Å²) in [6.45, 7) is 2.30. The number of nitrogens with zero attached hydrogens (tertiary/aromatic N) is 4. The number of pyridine rings is 1. The Hall–Kier alpha value is -4.58. The fraction of sp³-hybridized carbons (Fsp3) is 0.258. The van der Waals surface area contributed by atoms with Crippen LogP contribution < -0.4 is 15.6 Å². The molecule has 1 fully saturated rings. The molecular weight excluding hydrogens is 569 g/mol. The summed E-state index contributed by atoms with van der Waals surface area (Å²) in [6.07, 6.45) is -2.20. The molecule has 5 aromatic rings. The third kappa shape index (κ3) is 6.00. The van der Waals surface area contributed by atoms with Crippen molar-refractivity contribution in [1.29, 1.82) is 0 Å². The van der Waals surface area contributed by atoms with Gasteiger partial charge in [0.05, 0.1) is 35.3 Å². The predicted octanol–water partition coefficient (Wildman–Crippen LogP) is 5.79. The molecule has 0 aliphatic carbocycles. The van der Waals surface area contributed by atoms with E-state index in [2.05, 4.69) is 15.5 Å². The SMILES string of the molecule is O=c1c(-c2noc(Cc3ccccc3)n2)cn(Cc2ccc(C(F)(F)F)cc2F)c2cc(N3CCCNCC3)c(F)cc12. The lowest BCUT2D eigenvalue weighted by atomic mass is 10.1. The molecule has 0 spiro atoms. The van der Waals surface area contributed by atoms with Gasteiger partial charge < -0.3 is 19.3 Å². The van der Waals surface area contributed by atoms with Crippen LogP contribution in [0.1, 0.15) is 29.0 Å². The fourth-order valence-corrected chi connectivity index (χ4v) is 5.26. The lowest BCUT2D eigenvalue weighted by Crippen LogP contribution is -2.29. The normalized spacial score (nSPS) is 14.3. The summed E-state index contributed by atoms with van der Waals surface area (Å²) in [5.41, 5.74) is -0.278. The molecule has 3 heterocycles. The first-order valence-corrected chi connectivity index (χ1v) is 13.7. The Bertz CT molecular complexity index is 1830. The highest BCUT2D eigenvalue weighted by Gasteiger charge is 2.31. The van der Waals surface area contributed by atoms with E-state index >= 15 is 4.39 Å². The zero-order valence-corrected chi connectivity index (χ0v) is 22.8. The van der Waals surface area contributed by atoms with Crippen LogP contribution in [0.3, 0.4) is 0 Å². The van der Waals surface area contributed by atoms with Gasteiger partial charge in [-0.05, 0) is 42.8 Å². The second-order valence-corrected chi connectivity index (χ2v) is 10.4. The van der Waals surface area contributed by atoms with Crippen molar-refractivity contribution in [2.24, 2.45) is 0 Å². The lowest BCUT2D eigenvalue weighted by Gasteiger charge is -2.24. The number of hydrogen-bond donors (Lipinski definition) is 1. The van der Waals surface area contributed by atoms with Crippen molar-refractivity contribution < 1.29 is 26.5 Å². The molecule has 0 saturated carbocycles. The Morgan fingerprint density at radius 2 is 1.77 bits per heavy atom.